The summed E-state index contributed by atoms with van der Waals surface area (Å²) in [5, 5.41) is 0. The van der Waals surface area contributed by atoms with Gasteiger partial charge in [0.2, 0.25) is 0 Å². The van der Waals surface area contributed by atoms with Crippen LogP contribution in [-0.4, -0.2) is 18.1 Å². The fraction of sp³-hybridized carbons (Fsp3) is 0.286. The number of aryl methyl sites for hydroxylation is 1. The van der Waals surface area contributed by atoms with Gasteiger partial charge in [-0.1, -0.05) is 30.3 Å². The van der Waals surface area contributed by atoms with Crippen LogP contribution in [0, 0.1) is 0 Å². The Hall–Kier alpha value is -2.10. The zero-order valence-electron chi connectivity index (χ0n) is 10.3. The van der Waals surface area contributed by atoms with Gasteiger partial charge in [0, 0.05) is 18.4 Å². The number of esters is 1. The van der Waals surface area contributed by atoms with Crippen LogP contribution in [0.2, 0.25) is 0 Å². The predicted molar refractivity (Wildman–Crippen MR) is 66.9 cm³/mol. The quantitative estimate of drug-likeness (QED) is 0.760. The molecule has 0 radical (unpaired) electrons. The number of carbonyl (C=O) groups excluding carboxylic acids is 1. The first-order valence-corrected chi connectivity index (χ1v) is 5.86. The molecular formula is C14H15NO3. The second kappa shape index (κ2) is 6.00. The Balaban J connectivity index is 1.93. The third-order valence-corrected chi connectivity index (χ3v) is 2.61. The Labute approximate surface area is 106 Å². The van der Waals surface area contributed by atoms with Crippen molar-refractivity contribution in [2.45, 2.75) is 19.3 Å². The van der Waals surface area contributed by atoms with Gasteiger partial charge in [-0.25, -0.2) is 4.98 Å². The smallest absolute Gasteiger partial charge is 0.305 e. The summed E-state index contributed by atoms with van der Waals surface area (Å²) in [6.45, 7) is 0. The van der Waals surface area contributed by atoms with Crippen molar-refractivity contribution >= 4 is 5.97 Å². The molecule has 0 fully saturated rings. The van der Waals surface area contributed by atoms with E-state index < -0.39 is 0 Å². The van der Waals surface area contributed by atoms with Crippen molar-refractivity contribution in [2.75, 3.05) is 7.11 Å². The first-order chi connectivity index (χ1) is 8.79. The van der Waals surface area contributed by atoms with Crippen molar-refractivity contribution in [3.8, 4) is 11.3 Å². The number of aromatic nitrogens is 1. The van der Waals surface area contributed by atoms with Crippen LogP contribution in [0.5, 0.6) is 0 Å². The molecule has 0 atom stereocenters. The van der Waals surface area contributed by atoms with Crippen LogP contribution in [0.1, 0.15) is 18.7 Å². The van der Waals surface area contributed by atoms with Gasteiger partial charge < -0.3 is 9.15 Å². The average molecular weight is 245 g/mol. The van der Waals surface area contributed by atoms with E-state index in [1.54, 1.807) is 6.20 Å². The van der Waals surface area contributed by atoms with Crippen LogP contribution in [0.25, 0.3) is 11.3 Å². The summed E-state index contributed by atoms with van der Waals surface area (Å²) in [5.41, 5.74) is 1.00. The first kappa shape index (κ1) is 12.4. The Morgan fingerprint density at radius 3 is 2.83 bits per heavy atom. The third kappa shape index (κ3) is 3.20. The number of hydrogen-bond donors (Lipinski definition) is 0. The zero-order valence-corrected chi connectivity index (χ0v) is 10.3. The molecule has 0 aliphatic heterocycles. The van der Waals surface area contributed by atoms with Gasteiger partial charge >= 0.3 is 5.97 Å². The minimum Gasteiger partial charge on any atom is -0.469 e. The first-order valence-electron chi connectivity index (χ1n) is 5.86. The number of carbonyl (C=O) groups is 1. The SMILES string of the molecule is COC(=O)CCCc1ncc(-c2ccccc2)o1. The molecular weight excluding hydrogens is 230 g/mol. The summed E-state index contributed by atoms with van der Waals surface area (Å²) in [6.07, 6.45) is 3.42. The van der Waals surface area contributed by atoms with Crippen LogP contribution >= 0.6 is 0 Å². The number of oxazole rings is 1. The van der Waals surface area contributed by atoms with Crippen molar-refractivity contribution < 1.29 is 13.9 Å². The molecule has 0 unspecified atom stereocenters. The lowest BCUT2D eigenvalue weighted by molar-refractivity contribution is -0.140. The molecule has 1 heterocycles. The number of nitrogens with zero attached hydrogens (tertiary/aromatic N) is 1. The average Bonchev–Trinajstić information content (AvgIpc) is 2.88. The maximum atomic E-state index is 11.0. The van der Waals surface area contributed by atoms with Gasteiger partial charge in [0.15, 0.2) is 11.7 Å². The Morgan fingerprint density at radius 2 is 2.11 bits per heavy atom. The van der Waals surface area contributed by atoms with Gasteiger partial charge in [-0.3, -0.25) is 4.79 Å². The summed E-state index contributed by atoms with van der Waals surface area (Å²) in [4.78, 5) is 15.2. The van der Waals surface area contributed by atoms with Crippen LogP contribution in [0.15, 0.2) is 40.9 Å². The molecule has 0 saturated heterocycles. The highest BCUT2D eigenvalue weighted by atomic mass is 16.5. The molecule has 1 aromatic heterocycles. The Kier molecular flexibility index (Phi) is 4.12. The van der Waals surface area contributed by atoms with Gasteiger partial charge in [0.25, 0.3) is 0 Å². The van der Waals surface area contributed by atoms with E-state index in [0.717, 1.165) is 11.3 Å². The number of ether oxygens (including phenoxy) is 1. The molecule has 18 heavy (non-hydrogen) atoms. The topological polar surface area (TPSA) is 52.3 Å². The molecule has 0 N–H and O–H groups in total. The fourth-order valence-corrected chi connectivity index (χ4v) is 1.65. The van der Waals surface area contributed by atoms with Crippen molar-refractivity contribution in [3.63, 3.8) is 0 Å². The van der Waals surface area contributed by atoms with E-state index in [4.69, 9.17) is 4.42 Å². The van der Waals surface area contributed by atoms with Gasteiger partial charge in [-0.15, -0.1) is 0 Å². The van der Waals surface area contributed by atoms with Crippen LogP contribution in [-0.2, 0) is 16.0 Å². The number of hydrogen-bond acceptors (Lipinski definition) is 4. The van der Waals surface area contributed by atoms with Crippen LogP contribution in [0.4, 0.5) is 0 Å². The van der Waals surface area contributed by atoms with Crippen LogP contribution < -0.4 is 0 Å². The van der Waals surface area contributed by atoms with E-state index in [0.29, 0.717) is 25.2 Å². The lowest BCUT2D eigenvalue weighted by atomic mass is 10.2. The molecule has 2 rings (SSSR count). The Morgan fingerprint density at radius 1 is 1.33 bits per heavy atom. The molecule has 94 valence electrons. The minimum atomic E-state index is -0.204. The van der Waals surface area contributed by atoms with E-state index in [1.807, 2.05) is 30.3 Å². The van der Waals surface area contributed by atoms with Crippen LogP contribution in [0.3, 0.4) is 0 Å². The standard InChI is InChI=1S/C14H15NO3/c1-17-14(16)9-5-8-13-15-10-12(18-13)11-6-3-2-4-7-11/h2-4,6-7,10H,5,8-9H2,1H3. The van der Waals surface area contributed by atoms with Gasteiger partial charge in [0.1, 0.15) is 0 Å². The van der Waals surface area contributed by atoms with E-state index in [-0.39, 0.29) is 5.97 Å². The number of rotatable bonds is 5. The lowest BCUT2D eigenvalue weighted by Crippen LogP contribution is -2.00. The van der Waals surface area contributed by atoms with Gasteiger partial charge in [-0.05, 0) is 6.42 Å². The summed E-state index contributed by atoms with van der Waals surface area (Å²) in [5.74, 6) is 1.20. The predicted octanol–water partition coefficient (Wildman–Crippen LogP) is 2.84. The molecule has 0 saturated carbocycles. The van der Waals surface area contributed by atoms with E-state index in [2.05, 4.69) is 9.72 Å². The maximum Gasteiger partial charge on any atom is 0.305 e. The summed E-state index contributed by atoms with van der Waals surface area (Å²) < 4.78 is 10.2. The molecule has 0 amide bonds. The van der Waals surface area contributed by atoms with Gasteiger partial charge in [0.05, 0.1) is 13.3 Å². The Bertz CT molecular complexity index is 505. The highest BCUT2D eigenvalue weighted by Gasteiger charge is 2.07. The molecule has 0 spiro atoms. The van der Waals surface area contributed by atoms with Crippen molar-refractivity contribution in [1.82, 2.24) is 4.98 Å². The van der Waals surface area contributed by atoms with Gasteiger partial charge in [-0.2, -0.15) is 0 Å². The molecule has 0 aliphatic carbocycles. The maximum absolute atomic E-state index is 11.0. The fourth-order valence-electron chi connectivity index (χ4n) is 1.65. The minimum absolute atomic E-state index is 0.204. The molecule has 4 nitrogen and oxygen atoms in total. The van der Waals surface area contributed by atoms with E-state index >= 15 is 0 Å². The molecule has 1 aromatic carbocycles. The van der Waals surface area contributed by atoms with E-state index in [9.17, 15) is 4.79 Å². The van der Waals surface area contributed by atoms with Crippen molar-refractivity contribution in [1.29, 1.82) is 0 Å². The summed E-state index contributed by atoms with van der Waals surface area (Å²) >= 11 is 0. The molecule has 0 aliphatic rings. The molecule has 4 heteroatoms. The summed E-state index contributed by atoms with van der Waals surface area (Å²) in [7, 11) is 1.39. The highest BCUT2D eigenvalue weighted by Crippen LogP contribution is 2.20. The third-order valence-electron chi connectivity index (χ3n) is 2.61. The van der Waals surface area contributed by atoms with Crippen molar-refractivity contribution in [2.24, 2.45) is 0 Å². The monoisotopic (exact) mass is 245 g/mol. The second-order valence-corrected chi connectivity index (χ2v) is 3.91. The van der Waals surface area contributed by atoms with E-state index in [1.165, 1.54) is 7.11 Å². The largest absolute Gasteiger partial charge is 0.469 e. The summed E-state index contributed by atoms with van der Waals surface area (Å²) in [6, 6.07) is 9.80. The second-order valence-electron chi connectivity index (χ2n) is 3.91. The molecule has 0 bridgehead atoms. The normalized spacial score (nSPS) is 10.3. The highest BCUT2D eigenvalue weighted by molar-refractivity contribution is 5.69. The zero-order chi connectivity index (χ0) is 12.8. The number of methoxy groups -OCH3 is 1. The number of benzene rings is 1. The lowest BCUT2D eigenvalue weighted by Gasteiger charge is -1.97. The molecule has 2 aromatic rings. The van der Waals surface area contributed by atoms with Crippen molar-refractivity contribution in [3.05, 3.63) is 42.4 Å².